The molecule has 2 rings (SSSR count). The molecule has 0 aliphatic carbocycles. The fraction of sp³-hybridized carbons (Fsp3) is 0.600. The number of hydrogen-bond donors (Lipinski definition) is 2. The fourth-order valence-corrected chi connectivity index (χ4v) is 3.69. The molecule has 0 unspecified atom stereocenters. The molecule has 2 N–H and O–H groups in total. The average Bonchev–Trinajstić information content (AvgIpc) is 3.17. The lowest BCUT2D eigenvalue weighted by molar-refractivity contribution is -0.143. The molecule has 2 aromatic rings. The van der Waals surface area contributed by atoms with E-state index in [1.54, 1.807) is 0 Å². The number of hydrogen-bond acceptors (Lipinski definition) is 3. The first-order chi connectivity index (χ1) is 14.7. The van der Waals surface area contributed by atoms with Gasteiger partial charge in [0.15, 0.2) is 0 Å². The topological polar surface area (TPSA) is 71.2 Å². The zero-order valence-electron chi connectivity index (χ0n) is 18.5. The van der Waals surface area contributed by atoms with E-state index in [0.717, 1.165) is 29.3 Å². The Balaban J connectivity index is 1.44. The van der Waals surface area contributed by atoms with E-state index in [9.17, 15) is 9.59 Å². The third-order valence-corrected chi connectivity index (χ3v) is 5.47. The van der Waals surface area contributed by atoms with Gasteiger partial charge in [-0.05, 0) is 24.5 Å². The van der Waals surface area contributed by atoms with Crippen molar-refractivity contribution in [3.05, 3.63) is 36.0 Å². The molecule has 30 heavy (non-hydrogen) atoms. The maximum Gasteiger partial charge on any atom is 0.306 e. The van der Waals surface area contributed by atoms with Crippen LogP contribution in [0.25, 0.3) is 10.9 Å². The molecule has 0 aliphatic rings. The minimum Gasteiger partial charge on any atom is -0.464 e. The van der Waals surface area contributed by atoms with Crippen LogP contribution in [0.4, 0.5) is 0 Å². The molecule has 0 saturated heterocycles. The van der Waals surface area contributed by atoms with Crippen LogP contribution in [0.3, 0.4) is 0 Å². The number of carbonyl (C=O) groups is 2. The van der Waals surface area contributed by atoms with Crippen molar-refractivity contribution < 1.29 is 14.3 Å². The summed E-state index contributed by atoms with van der Waals surface area (Å²) in [5, 5.41) is 3.98. The number of ether oxygens (including phenoxy) is 1. The van der Waals surface area contributed by atoms with Gasteiger partial charge in [0, 0.05) is 29.9 Å². The van der Waals surface area contributed by atoms with E-state index in [1.807, 2.05) is 24.4 Å². The molecule has 0 fully saturated rings. The van der Waals surface area contributed by atoms with E-state index in [-0.39, 0.29) is 18.5 Å². The number of aromatic amines is 1. The van der Waals surface area contributed by atoms with Crippen LogP contribution >= 0.6 is 0 Å². The highest BCUT2D eigenvalue weighted by Crippen LogP contribution is 2.19. The Morgan fingerprint density at radius 3 is 2.40 bits per heavy atom. The second-order valence-corrected chi connectivity index (χ2v) is 8.01. The molecule has 0 aliphatic heterocycles. The zero-order valence-corrected chi connectivity index (χ0v) is 18.5. The third-order valence-electron chi connectivity index (χ3n) is 5.47. The summed E-state index contributed by atoms with van der Waals surface area (Å²) in [7, 11) is 0. The number of fused-ring (bicyclic) bond motifs is 1. The van der Waals surface area contributed by atoms with Crippen molar-refractivity contribution in [1.82, 2.24) is 10.3 Å². The number of rotatable bonds is 16. The first-order valence-electron chi connectivity index (χ1n) is 11.7. The smallest absolute Gasteiger partial charge is 0.306 e. The van der Waals surface area contributed by atoms with Gasteiger partial charge in [0.1, 0.15) is 6.61 Å². The number of para-hydroxylation sites is 1. The number of nitrogens with one attached hydrogen (secondary N) is 2. The van der Waals surface area contributed by atoms with Crippen LogP contribution in [-0.2, 0) is 20.7 Å². The van der Waals surface area contributed by atoms with Gasteiger partial charge in [-0.15, -0.1) is 0 Å². The highest BCUT2D eigenvalue weighted by atomic mass is 16.5. The molecular formula is C25H38N2O3. The summed E-state index contributed by atoms with van der Waals surface area (Å²) in [6, 6.07) is 8.06. The van der Waals surface area contributed by atoms with E-state index in [4.69, 9.17) is 4.74 Å². The Hall–Kier alpha value is -2.30. The highest BCUT2D eigenvalue weighted by Gasteiger charge is 2.08. The second-order valence-electron chi connectivity index (χ2n) is 8.01. The lowest BCUT2D eigenvalue weighted by atomic mass is 10.1. The van der Waals surface area contributed by atoms with Crippen molar-refractivity contribution in [1.29, 1.82) is 0 Å². The molecule has 0 bridgehead atoms. The quantitative estimate of drug-likeness (QED) is 0.274. The highest BCUT2D eigenvalue weighted by molar-refractivity contribution is 5.83. The number of unbranched alkanes of at least 4 members (excludes halogenated alkanes) is 8. The standard InChI is InChI=1S/C25H38N2O3/c1-2-3-4-5-6-7-8-9-10-15-24(28)26-18-19-30-25(29)17-16-21-20-27-23-14-12-11-13-22(21)23/h11-14,20,27H,2-10,15-19H2,1H3,(H,26,28). The SMILES string of the molecule is CCCCCCCCCCCC(=O)NCCOC(=O)CCc1c[nH]c2ccccc12. The van der Waals surface area contributed by atoms with Crippen molar-refractivity contribution in [2.24, 2.45) is 0 Å². The molecule has 166 valence electrons. The predicted molar refractivity (Wildman–Crippen MR) is 122 cm³/mol. The summed E-state index contributed by atoms with van der Waals surface area (Å²) in [5.74, 6) is -0.179. The molecule has 1 aromatic heterocycles. The molecule has 1 heterocycles. The second kappa shape index (κ2) is 14.6. The minimum atomic E-state index is -0.228. The molecule has 5 heteroatoms. The van der Waals surface area contributed by atoms with Crippen LogP contribution in [0.2, 0.25) is 0 Å². The van der Waals surface area contributed by atoms with Crippen molar-refractivity contribution in [2.45, 2.75) is 84.0 Å². The van der Waals surface area contributed by atoms with Crippen molar-refractivity contribution in [2.75, 3.05) is 13.2 Å². The van der Waals surface area contributed by atoms with Crippen LogP contribution in [-0.4, -0.2) is 30.0 Å². The minimum absolute atomic E-state index is 0.0489. The number of benzene rings is 1. The summed E-state index contributed by atoms with van der Waals surface area (Å²) in [6.07, 6.45) is 14.7. The summed E-state index contributed by atoms with van der Waals surface area (Å²) in [6.45, 7) is 2.85. The number of aryl methyl sites for hydroxylation is 1. The lowest BCUT2D eigenvalue weighted by Crippen LogP contribution is -2.27. The lowest BCUT2D eigenvalue weighted by Gasteiger charge is -2.07. The predicted octanol–water partition coefficient (Wildman–Crippen LogP) is 5.68. The van der Waals surface area contributed by atoms with Crippen LogP contribution < -0.4 is 5.32 Å². The van der Waals surface area contributed by atoms with Crippen LogP contribution in [0, 0.1) is 0 Å². The van der Waals surface area contributed by atoms with Gasteiger partial charge in [-0.25, -0.2) is 0 Å². The van der Waals surface area contributed by atoms with Crippen molar-refractivity contribution >= 4 is 22.8 Å². The molecule has 0 saturated carbocycles. The molecule has 5 nitrogen and oxygen atoms in total. The maximum atomic E-state index is 11.9. The van der Waals surface area contributed by atoms with Crippen LogP contribution in [0.15, 0.2) is 30.5 Å². The molecule has 0 spiro atoms. The monoisotopic (exact) mass is 414 g/mol. The van der Waals surface area contributed by atoms with E-state index in [0.29, 0.717) is 25.8 Å². The average molecular weight is 415 g/mol. The van der Waals surface area contributed by atoms with Gasteiger partial charge in [0.2, 0.25) is 5.91 Å². The van der Waals surface area contributed by atoms with Gasteiger partial charge in [0.05, 0.1) is 6.54 Å². The van der Waals surface area contributed by atoms with Gasteiger partial charge in [0.25, 0.3) is 0 Å². The van der Waals surface area contributed by atoms with E-state index < -0.39 is 0 Å². The normalized spacial score (nSPS) is 11.0. The first kappa shape index (κ1) is 24.0. The Kier molecular flexibility index (Phi) is 11.7. The maximum absolute atomic E-state index is 11.9. The largest absolute Gasteiger partial charge is 0.464 e. The van der Waals surface area contributed by atoms with Gasteiger partial charge >= 0.3 is 5.97 Å². The summed E-state index contributed by atoms with van der Waals surface area (Å²) < 4.78 is 5.24. The molecule has 1 aromatic carbocycles. The fourth-order valence-electron chi connectivity index (χ4n) is 3.69. The summed E-state index contributed by atoms with van der Waals surface area (Å²) in [4.78, 5) is 27.0. The molecule has 1 amide bonds. The molecule has 0 radical (unpaired) electrons. The number of aromatic nitrogens is 1. The molecular weight excluding hydrogens is 376 g/mol. The van der Waals surface area contributed by atoms with Crippen molar-refractivity contribution in [3.8, 4) is 0 Å². The van der Waals surface area contributed by atoms with Crippen LogP contribution in [0.5, 0.6) is 0 Å². The number of H-pyrrole nitrogens is 1. The first-order valence-corrected chi connectivity index (χ1v) is 11.7. The number of carbonyl (C=O) groups excluding carboxylic acids is 2. The van der Waals surface area contributed by atoms with Gasteiger partial charge in [-0.1, -0.05) is 76.5 Å². The van der Waals surface area contributed by atoms with Gasteiger partial charge in [-0.2, -0.15) is 0 Å². The number of esters is 1. The third kappa shape index (κ3) is 9.47. The van der Waals surface area contributed by atoms with E-state index in [1.165, 1.54) is 44.9 Å². The Morgan fingerprint density at radius 1 is 0.933 bits per heavy atom. The van der Waals surface area contributed by atoms with E-state index in [2.05, 4.69) is 23.3 Å². The van der Waals surface area contributed by atoms with Crippen LogP contribution in [0.1, 0.15) is 83.1 Å². The van der Waals surface area contributed by atoms with E-state index >= 15 is 0 Å². The number of amides is 1. The zero-order chi connectivity index (χ0) is 21.4. The molecule has 0 atom stereocenters. The Morgan fingerprint density at radius 2 is 1.63 bits per heavy atom. The van der Waals surface area contributed by atoms with Crippen molar-refractivity contribution in [3.63, 3.8) is 0 Å². The van der Waals surface area contributed by atoms with Gasteiger partial charge < -0.3 is 15.0 Å². The van der Waals surface area contributed by atoms with Gasteiger partial charge in [-0.3, -0.25) is 9.59 Å². The Bertz CT molecular complexity index is 754. The summed E-state index contributed by atoms with van der Waals surface area (Å²) >= 11 is 0. The Labute approximate surface area is 181 Å². The summed E-state index contributed by atoms with van der Waals surface area (Å²) in [5.41, 5.74) is 2.20.